The van der Waals surface area contributed by atoms with Crippen molar-refractivity contribution in [3.8, 4) is 11.1 Å². The van der Waals surface area contributed by atoms with Crippen LogP contribution in [0.1, 0.15) is 29.0 Å². The third kappa shape index (κ3) is 4.49. The zero-order chi connectivity index (χ0) is 32.5. The number of alkyl halides is 17. The number of benzene rings is 2. The van der Waals surface area contributed by atoms with Gasteiger partial charge in [0.1, 0.15) is 0 Å². The molecule has 0 aromatic heterocycles. The van der Waals surface area contributed by atoms with E-state index in [-0.39, 0.29) is 11.1 Å². The summed E-state index contributed by atoms with van der Waals surface area (Å²) in [5, 5.41) is 9.70. The lowest BCUT2D eigenvalue weighted by molar-refractivity contribution is -0.461. The predicted molar refractivity (Wildman–Crippen MR) is 110 cm³/mol. The van der Waals surface area contributed by atoms with Gasteiger partial charge in [-0.15, -0.1) is 0 Å². The number of hydrogen-bond acceptors (Lipinski definition) is 1. The van der Waals surface area contributed by atoms with E-state index in [1.54, 1.807) is 24.3 Å². The SMILES string of the molecule is OCC1c2ccccc2-c2ccc(CCC(F)(F)C(F)(F)C(F)(F)C(F)(F)C(F)(F)C(F)(F)C(F)(F)C(F)(F)F)cc21. The Morgan fingerprint density at radius 2 is 0.976 bits per heavy atom. The molecule has 0 fully saturated rings. The first-order chi connectivity index (χ1) is 18.7. The van der Waals surface area contributed by atoms with Gasteiger partial charge in [-0.2, -0.15) is 74.6 Å². The molecular formula is C24H15F17O. The lowest BCUT2D eigenvalue weighted by Gasteiger charge is -2.42. The van der Waals surface area contributed by atoms with Crippen LogP contribution in [0.25, 0.3) is 11.1 Å². The smallest absolute Gasteiger partial charge is 0.395 e. The van der Waals surface area contributed by atoms with Crippen molar-refractivity contribution in [1.82, 2.24) is 0 Å². The summed E-state index contributed by atoms with van der Waals surface area (Å²) in [5.41, 5.74) is 1.46. The normalized spacial score (nSPS) is 17.3. The second kappa shape index (κ2) is 9.87. The number of fused-ring (bicyclic) bond motifs is 3. The zero-order valence-corrected chi connectivity index (χ0v) is 20.1. The van der Waals surface area contributed by atoms with Gasteiger partial charge in [0.05, 0.1) is 6.61 Å². The van der Waals surface area contributed by atoms with Crippen LogP contribution in [0.15, 0.2) is 42.5 Å². The van der Waals surface area contributed by atoms with Crippen LogP contribution in [0, 0.1) is 0 Å². The molecule has 0 bridgehead atoms. The van der Waals surface area contributed by atoms with Crippen molar-refractivity contribution < 1.29 is 79.7 Å². The number of aliphatic hydroxyl groups excluding tert-OH is 1. The Bertz CT molecular complexity index is 1310. The second-order valence-corrected chi connectivity index (χ2v) is 9.39. The van der Waals surface area contributed by atoms with Crippen LogP contribution in [0.2, 0.25) is 0 Å². The summed E-state index contributed by atoms with van der Waals surface area (Å²) in [6, 6.07) is 9.67. The molecule has 0 amide bonds. The minimum Gasteiger partial charge on any atom is -0.395 e. The van der Waals surface area contributed by atoms with Crippen LogP contribution in [0.4, 0.5) is 74.6 Å². The van der Waals surface area contributed by atoms with E-state index in [1.165, 1.54) is 6.07 Å². The lowest BCUT2D eigenvalue weighted by atomic mass is 9.87. The molecule has 0 heterocycles. The molecule has 0 radical (unpaired) electrons. The van der Waals surface area contributed by atoms with Gasteiger partial charge >= 0.3 is 47.6 Å². The fourth-order valence-electron chi connectivity index (χ4n) is 4.37. The number of hydrogen-bond donors (Lipinski definition) is 1. The summed E-state index contributed by atoms with van der Waals surface area (Å²) in [7, 11) is 0. The Kier molecular flexibility index (Phi) is 7.92. The molecule has 0 spiro atoms. The fraction of sp³-hybridized carbons (Fsp3) is 0.500. The van der Waals surface area contributed by atoms with Crippen molar-refractivity contribution >= 4 is 0 Å². The lowest BCUT2D eigenvalue weighted by Crippen LogP contribution is -2.74. The number of halogens is 17. The maximum Gasteiger partial charge on any atom is 0.460 e. The first-order valence-electron chi connectivity index (χ1n) is 11.3. The van der Waals surface area contributed by atoms with E-state index in [1.807, 2.05) is 0 Å². The van der Waals surface area contributed by atoms with E-state index in [4.69, 9.17) is 0 Å². The molecular weight excluding hydrogens is 627 g/mol. The molecule has 1 atom stereocenters. The van der Waals surface area contributed by atoms with Gasteiger partial charge in [-0.3, -0.25) is 0 Å². The number of aryl methyl sites for hydroxylation is 1. The Labute approximate surface area is 223 Å². The molecule has 3 rings (SSSR count). The number of aliphatic hydroxyl groups is 1. The topological polar surface area (TPSA) is 20.2 Å². The van der Waals surface area contributed by atoms with Crippen molar-refractivity contribution in [3.05, 3.63) is 59.2 Å². The fourth-order valence-corrected chi connectivity index (χ4v) is 4.37. The predicted octanol–water partition coefficient (Wildman–Crippen LogP) is 8.73. The molecule has 1 aliphatic rings. The van der Waals surface area contributed by atoms with Crippen LogP contribution < -0.4 is 0 Å². The first kappa shape index (κ1) is 33.7. The summed E-state index contributed by atoms with van der Waals surface area (Å²) in [5.74, 6) is -57.1. The van der Waals surface area contributed by atoms with E-state index < -0.39 is 73.0 Å². The molecule has 2 aromatic rings. The average Bonchev–Trinajstić information content (AvgIpc) is 3.19. The van der Waals surface area contributed by atoms with Crippen LogP contribution in [0.3, 0.4) is 0 Å². The van der Waals surface area contributed by atoms with Gasteiger partial charge in [-0.1, -0.05) is 42.5 Å². The Morgan fingerprint density at radius 3 is 1.48 bits per heavy atom. The Hall–Kier alpha value is -2.79. The Balaban J connectivity index is 1.93. The largest absolute Gasteiger partial charge is 0.460 e. The highest BCUT2D eigenvalue weighted by atomic mass is 19.4. The van der Waals surface area contributed by atoms with Crippen molar-refractivity contribution in [3.63, 3.8) is 0 Å². The minimum atomic E-state index is -8.64. The third-order valence-electron chi connectivity index (χ3n) is 6.82. The maximum absolute atomic E-state index is 14.3. The molecule has 0 saturated heterocycles. The van der Waals surface area contributed by atoms with Crippen molar-refractivity contribution in [2.75, 3.05) is 6.61 Å². The minimum absolute atomic E-state index is 0.246. The highest BCUT2D eigenvalue weighted by Gasteiger charge is 2.95. The van der Waals surface area contributed by atoms with Gasteiger partial charge in [-0.05, 0) is 34.2 Å². The van der Waals surface area contributed by atoms with Crippen molar-refractivity contribution in [1.29, 1.82) is 0 Å². The monoisotopic (exact) mass is 642 g/mol. The molecule has 1 nitrogen and oxygen atoms in total. The highest BCUT2D eigenvalue weighted by molar-refractivity contribution is 5.79. The highest BCUT2D eigenvalue weighted by Crippen LogP contribution is 2.64. The summed E-state index contributed by atoms with van der Waals surface area (Å²) < 4.78 is 229. The summed E-state index contributed by atoms with van der Waals surface area (Å²) in [6.45, 7) is -0.546. The van der Waals surface area contributed by atoms with Gasteiger partial charge in [0.25, 0.3) is 0 Å². The van der Waals surface area contributed by atoms with Crippen molar-refractivity contribution in [2.45, 2.75) is 66.4 Å². The molecule has 0 aliphatic heterocycles. The standard InChI is InChI=1S/C24H15F17O/c25-17(26,8-7-11-5-6-14-12-3-1-2-4-13(12)16(10-42)15(14)9-11)18(27,28)19(29,30)20(31,32)21(33,34)22(35,36)23(37,38)24(39,40)41/h1-6,9,16,42H,7-8,10H2. The molecule has 2 aromatic carbocycles. The quantitative estimate of drug-likeness (QED) is 0.257. The molecule has 0 saturated carbocycles. The van der Waals surface area contributed by atoms with Gasteiger partial charge in [-0.25, -0.2) is 0 Å². The molecule has 236 valence electrons. The van der Waals surface area contributed by atoms with E-state index in [2.05, 4.69) is 0 Å². The van der Waals surface area contributed by atoms with Gasteiger partial charge in [0.15, 0.2) is 0 Å². The first-order valence-corrected chi connectivity index (χ1v) is 11.3. The molecule has 1 aliphatic carbocycles. The molecule has 1 unspecified atom stereocenters. The number of rotatable bonds is 10. The zero-order valence-electron chi connectivity index (χ0n) is 20.1. The third-order valence-corrected chi connectivity index (χ3v) is 6.82. The second-order valence-electron chi connectivity index (χ2n) is 9.39. The Morgan fingerprint density at radius 1 is 0.524 bits per heavy atom. The van der Waals surface area contributed by atoms with E-state index in [0.717, 1.165) is 12.1 Å². The van der Waals surface area contributed by atoms with E-state index in [9.17, 15) is 79.7 Å². The molecule has 18 heteroatoms. The van der Waals surface area contributed by atoms with Gasteiger partial charge < -0.3 is 5.11 Å². The average molecular weight is 642 g/mol. The molecule has 1 N–H and O–H groups in total. The van der Waals surface area contributed by atoms with E-state index in [0.29, 0.717) is 16.7 Å². The summed E-state index contributed by atoms with van der Waals surface area (Å²) in [6.07, 6.45) is -11.7. The van der Waals surface area contributed by atoms with Crippen LogP contribution >= 0.6 is 0 Å². The molecule has 42 heavy (non-hydrogen) atoms. The van der Waals surface area contributed by atoms with Crippen LogP contribution in [0.5, 0.6) is 0 Å². The van der Waals surface area contributed by atoms with Gasteiger partial charge in [0.2, 0.25) is 0 Å². The van der Waals surface area contributed by atoms with E-state index >= 15 is 0 Å². The van der Waals surface area contributed by atoms with Crippen molar-refractivity contribution in [2.24, 2.45) is 0 Å². The summed E-state index contributed by atoms with van der Waals surface area (Å²) >= 11 is 0. The van der Waals surface area contributed by atoms with Gasteiger partial charge in [0, 0.05) is 12.3 Å². The summed E-state index contributed by atoms with van der Waals surface area (Å²) in [4.78, 5) is 0. The van der Waals surface area contributed by atoms with Crippen LogP contribution in [-0.2, 0) is 6.42 Å². The maximum atomic E-state index is 14.3. The van der Waals surface area contributed by atoms with Crippen LogP contribution in [-0.4, -0.2) is 59.3 Å².